The topological polar surface area (TPSA) is 35.6 Å². The number of hydrogen-bond acceptors (Lipinski definition) is 3. The minimum absolute atomic E-state index is 0.131. The number of piperazine rings is 1. The van der Waals surface area contributed by atoms with Crippen LogP contribution in [0.15, 0.2) is 24.3 Å². The summed E-state index contributed by atoms with van der Waals surface area (Å²) in [6.45, 7) is 12.3. The van der Waals surface area contributed by atoms with Crippen LogP contribution in [-0.4, -0.2) is 55.0 Å². The number of nitrogens with zero attached hydrogens (tertiary/aromatic N) is 2. The SMILES string of the molecule is CC1CCCN(C(=O)C(c2ccc(C(C)C)cc2)N2CCNCC2)C1. The molecule has 2 atom stereocenters. The molecule has 138 valence electrons. The fourth-order valence-corrected chi connectivity index (χ4v) is 4.08. The normalized spacial score (nSPS) is 23.7. The van der Waals surface area contributed by atoms with E-state index in [1.807, 2.05) is 0 Å². The number of nitrogens with one attached hydrogen (secondary N) is 1. The maximum atomic E-state index is 13.4. The van der Waals surface area contributed by atoms with E-state index in [0.29, 0.717) is 17.7 Å². The van der Waals surface area contributed by atoms with Gasteiger partial charge in [-0.2, -0.15) is 0 Å². The minimum Gasteiger partial charge on any atom is -0.341 e. The van der Waals surface area contributed by atoms with Gasteiger partial charge in [0.15, 0.2) is 0 Å². The highest BCUT2D eigenvalue weighted by molar-refractivity contribution is 5.83. The fourth-order valence-electron chi connectivity index (χ4n) is 4.08. The van der Waals surface area contributed by atoms with E-state index in [0.717, 1.165) is 51.3 Å². The van der Waals surface area contributed by atoms with E-state index in [1.165, 1.54) is 12.0 Å². The van der Waals surface area contributed by atoms with Crippen molar-refractivity contribution in [1.82, 2.24) is 15.1 Å². The molecule has 1 N–H and O–H groups in total. The van der Waals surface area contributed by atoms with Crippen LogP contribution >= 0.6 is 0 Å². The second-order valence-corrected chi connectivity index (χ2v) is 8.04. The molecule has 2 aliphatic heterocycles. The Morgan fingerprint density at radius 3 is 2.32 bits per heavy atom. The molecule has 4 nitrogen and oxygen atoms in total. The molecule has 1 aromatic carbocycles. The van der Waals surface area contributed by atoms with E-state index in [9.17, 15) is 4.79 Å². The van der Waals surface area contributed by atoms with Crippen molar-refractivity contribution in [1.29, 1.82) is 0 Å². The minimum atomic E-state index is -0.131. The van der Waals surface area contributed by atoms with E-state index in [1.54, 1.807) is 0 Å². The van der Waals surface area contributed by atoms with Gasteiger partial charge in [0, 0.05) is 39.3 Å². The molecule has 0 bridgehead atoms. The molecule has 0 aliphatic carbocycles. The summed E-state index contributed by atoms with van der Waals surface area (Å²) in [4.78, 5) is 17.9. The summed E-state index contributed by atoms with van der Waals surface area (Å²) in [5.41, 5.74) is 2.48. The van der Waals surface area contributed by atoms with E-state index >= 15 is 0 Å². The standard InChI is InChI=1S/C21H33N3O/c1-16(2)18-6-8-19(9-7-18)20(23-13-10-22-11-14-23)21(25)24-12-4-5-17(3)15-24/h6-9,16-17,20,22H,4-5,10-15H2,1-3H3. The van der Waals surface area contributed by atoms with Gasteiger partial charge < -0.3 is 10.2 Å². The number of likely N-dealkylation sites (tertiary alicyclic amines) is 1. The van der Waals surface area contributed by atoms with E-state index in [4.69, 9.17) is 0 Å². The van der Waals surface area contributed by atoms with E-state index < -0.39 is 0 Å². The van der Waals surface area contributed by atoms with Gasteiger partial charge in [-0.3, -0.25) is 9.69 Å². The first kappa shape index (κ1) is 18.4. The fraction of sp³-hybridized carbons (Fsp3) is 0.667. The molecule has 0 radical (unpaired) electrons. The van der Waals surface area contributed by atoms with Crippen LogP contribution in [0.1, 0.15) is 56.7 Å². The van der Waals surface area contributed by atoms with Crippen molar-refractivity contribution in [2.75, 3.05) is 39.3 Å². The Bertz CT molecular complexity index is 563. The summed E-state index contributed by atoms with van der Waals surface area (Å²) < 4.78 is 0. The number of amides is 1. The van der Waals surface area contributed by atoms with Crippen molar-refractivity contribution in [3.63, 3.8) is 0 Å². The van der Waals surface area contributed by atoms with Crippen molar-refractivity contribution in [2.24, 2.45) is 5.92 Å². The molecule has 0 aromatic heterocycles. The lowest BCUT2D eigenvalue weighted by Crippen LogP contribution is -2.51. The quantitative estimate of drug-likeness (QED) is 0.913. The second-order valence-electron chi connectivity index (χ2n) is 8.04. The smallest absolute Gasteiger partial charge is 0.244 e. The molecular weight excluding hydrogens is 310 g/mol. The third kappa shape index (κ3) is 4.42. The Balaban J connectivity index is 1.84. The summed E-state index contributed by atoms with van der Waals surface area (Å²) in [5, 5.41) is 3.40. The van der Waals surface area contributed by atoms with Crippen LogP contribution in [0.2, 0.25) is 0 Å². The predicted molar refractivity (Wildman–Crippen MR) is 103 cm³/mol. The number of hydrogen-bond donors (Lipinski definition) is 1. The molecule has 3 rings (SSSR count). The van der Waals surface area contributed by atoms with E-state index in [2.05, 4.69) is 60.2 Å². The third-order valence-electron chi connectivity index (χ3n) is 5.64. The molecular formula is C21H33N3O. The largest absolute Gasteiger partial charge is 0.341 e. The number of piperidine rings is 1. The Morgan fingerprint density at radius 1 is 1.08 bits per heavy atom. The van der Waals surface area contributed by atoms with Gasteiger partial charge in [-0.05, 0) is 35.8 Å². The average Bonchev–Trinajstić information content (AvgIpc) is 2.63. The number of rotatable bonds is 4. The molecule has 2 aliphatic rings. The van der Waals surface area contributed by atoms with Crippen molar-refractivity contribution < 1.29 is 4.79 Å². The Morgan fingerprint density at radius 2 is 1.72 bits per heavy atom. The average molecular weight is 344 g/mol. The van der Waals surface area contributed by atoms with Crippen LogP contribution in [0, 0.1) is 5.92 Å². The van der Waals surface area contributed by atoms with Gasteiger partial charge in [0.05, 0.1) is 0 Å². The Hall–Kier alpha value is -1.39. The van der Waals surface area contributed by atoms with Crippen LogP contribution in [0.5, 0.6) is 0 Å². The molecule has 2 unspecified atom stereocenters. The molecule has 1 aromatic rings. The maximum absolute atomic E-state index is 13.4. The van der Waals surface area contributed by atoms with Crippen molar-refractivity contribution >= 4 is 5.91 Å². The Labute approximate surface area is 152 Å². The second kappa shape index (κ2) is 8.33. The molecule has 4 heteroatoms. The molecule has 25 heavy (non-hydrogen) atoms. The summed E-state index contributed by atoms with van der Waals surface area (Å²) in [7, 11) is 0. The zero-order valence-electron chi connectivity index (χ0n) is 16.0. The molecule has 2 fully saturated rings. The molecule has 2 heterocycles. The maximum Gasteiger partial charge on any atom is 0.244 e. The number of carbonyl (C=O) groups is 1. The Kier molecular flexibility index (Phi) is 6.13. The first-order valence-corrected chi connectivity index (χ1v) is 9.89. The van der Waals surface area contributed by atoms with E-state index in [-0.39, 0.29) is 6.04 Å². The van der Waals surface area contributed by atoms with Gasteiger partial charge in [-0.15, -0.1) is 0 Å². The van der Waals surface area contributed by atoms with Crippen molar-refractivity contribution in [3.8, 4) is 0 Å². The molecule has 0 saturated carbocycles. The highest BCUT2D eigenvalue weighted by atomic mass is 16.2. The zero-order valence-corrected chi connectivity index (χ0v) is 16.0. The first-order chi connectivity index (χ1) is 12.1. The summed E-state index contributed by atoms with van der Waals surface area (Å²) in [6, 6.07) is 8.61. The monoisotopic (exact) mass is 343 g/mol. The zero-order chi connectivity index (χ0) is 17.8. The van der Waals surface area contributed by atoms with Crippen molar-refractivity contribution in [2.45, 2.75) is 45.6 Å². The van der Waals surface area contributed by atoms with Gasteiger partial charge in [0.1, 0.15) is 6.04 Å². The summed E-state index contributed by atoms with van der Waals surface area (Å²) in [5.74, 6) is 1.43. The van der Waals surface area contributed by atoms with Gasteiger partial charge in [-0.25, -0.2) is 0 Å². The van der Waals surface area contributed by atoms with Crippen molar-refractivity contribution in [3.05, 3.63) is 35.4 Å². The van der Waals surface area contributed by atoms with Crippen LogP contribution in [0.25, 0.3) is 0 Å². The number of benzene rings is 1. The highest BCUT2D eigenvalue weighted by Gasteiger charge is 2.33. The van der Waals surface area contributed by atoms with Crippen LogP contribution < -0.4 is 5.32 Å². The van der Waals surface area contributed by atoms with Crippen LogP contribution in [0.4, 0.5) is 0 Å². The highest BCUT2D eigenvalue weighted by Crippen LogP contribution is 2.28. The van der Waals surface area contributed by atoms with Gasteiger partial charge in [0.2, 0.25) is 5.91 Å². The lowest BCUT2D eigenvalue weighted by atomic mass is 9.95. The van der Waals surface area contributed by atoms with Gasteiger partial charge >= 0.3 is 0 Å². The number of carbonyl (C=O) groups excluding carboxylic acids is 1. The molecule has 1 amide bonds. The van der Waals surface area contributed by atoms with Gasteiger partial charge in [-0.1, -0.05) is 45.0 Å². The summed E-state index contributed by atoms with van der Waals surface area (Å²) in [6.07, 6.45) is 2.37. The third-order valence-corrected chi connectivity index (χ3v) is 5.64. The first-order valence-electron chi connectivity index (χ1n) is 9.89. The lowest BCUT2D eigenvalue weighted by molar-refractivity contribution is -0.139. The predicted octanol–water partition coefficient (Wildman–Crippen LogP) is 3.01. The lowest BCUT2D eigenvalue weighted by Gasteiger charge is -2.39. The van der Waals surface area contributed by atoms with Crippen LogP contribution in [0.3, 0.4) is 0 Å². The molecule has 0 spiro atoms. The molecule has 2 saturated heterocycles. The van der Waals surface area contributed by atoms with Crippen LogP contribution in [-0.2, 0) is 4.79 Å². The summed E-state index contributed by atoms with van der Waals surface area (Å²) >= 11 is 0. The van der Waals surface area contributed by atoms with Gasteiger partial charge in [0.25, 0.3) is 0 Å².